The summed E-state index contributed by atoms with van der Waals surface area (Å²) < 4.78 is 14.3. The van der Waals surface area contributed by atoms with Gasteiger partial charge in [0.05, 0.1) is 0 Å². The van der Waals surface area contributed by atoms with Crippen LogP contribution in [0.25, 0.3) is 16.7 Å². The molecular formula is C33H32FN3O2. The highest BCUT2D eigenvalue weighted by Crippen LogP contribution is 2.56. The van der Waals surface area contributed by atoms with E-state index in [0.717, 1.165) is 62.6 Å². The summed E-state index contributed by atoms with van der Waals surface area (Å²) in [5, 5.41) is 9.25. The van der Waals surface area contributed by atoms with Gasteiger partial charge in [-0.25, -0.2) is 14.4 Å². The number of aromatic nitrogens is 2. The van der Waals surface area contributed by atoms with Crippen LogP contribution in [0, 0.1) is 11.7 Å². The number of likely N-dealkylation sites (tertiary alicyclic amines) is 1. The second-order valence-electron chi connectivity index (χ2n) is 11.5. The Bertz CT molecular complexity index is 1510. The van der Waals surface area contributed by atoms with Crippen LogP contribution in [-0.4, -0.2) is 45.1 Å². The van der Waals surface area contributed by atoms with Gasteiger partial charge in [-0.15, -0.1) is 0 Å². The first-order valence-electron chi connectivity index (χ1n) is 14.1. The molecule has 1 N–H and O–H groups in total. The zero-order chi connectivity index (χ0) is 26.6. The summed E-state index contributed by atoms with van der Waals surface area (Å²) in [6, 6.07) is 13.1. The Balaban J connectivity index is 1.18. The summed E-state index contributed by atoms with van der Waals surface area (Å²) in [4.78, 5) is 25.2. The third kappa shape index (κ3) is 4.22. The van der Waals surface area contributed by atoms with Crippen LogP contribution in [-0.2, 0) is 5.41 Å². The van der Waals surface area contributed by atoms with Crippen LogP contribution in [0.1, 0.15) is 72.3 Å². The van der Waals surface area contributed by atoms with Crippen LogP contribution in [0.5, 0.6) is 0 Å². The average molecular weight is 522 g/mol. The van der Waals surface area contributed by atoms with E-state index in [0.29, 0.717) is 28.4 Å². The molecule has 1 aromatic heterocycles. The van der Waals surface area contributed by atoms with Crippen LogP contribution < -0.4 is 0 Å². The van der Waals surface area contributed by atoms with Gasteiger partial charge in [0.2, 0.25) is 0 Å². The Morgan fingerprint density at radius 3 is 2.67 bits per heavy atom. The molecule has 1 amide bonds. The Labute approximate surface area is 228 Å². The first-order chi connectivity index (χ1) is 19.1. The standard InChI is InChI=1S/C33H32FN3O2/c34-30-6-2-1-5-26(30)24-18-35-31(36-19-24)27-11-12-33(13-14-33)29-10-8-22(17-28(27)29)32(39)37-20-23-16-25(37)9-7-21(23)4-3-15-38/h1-2,5-8,10-11,17-19,23,25,38H,3-4,9,12-16,20H2. The van der Waals surface area contributed by atoms with Crippen molar-refractivity contribution in [2.75, 3.05) is 13.2 Å². The number of aliphatic hydroxyl groups excluding tert-OH is 1. The summed E-state index contributed by atoms with van der Waals surface area (Å²) in [5.74, 6) is 0.805. The molecule has 2 fully saturated rings. The molecule has 39 heavy (non-hydrogen) atoms. The summed E-state index contributed by atoms with van der Waals surface area (Å²) in [6.07, 6.45) is 14.8. The molecule has 1 saturated carbocycles. The molecule has 6 heteroatoms. The highest BCUT2D eigenvalue weighted by Gasteiger charge is 2.47. The fraction of sp³-hybridized carbons (Fsp3) is 0.364. The maximum absolute atomic E-state index is 14.3. The molecule has 2 unspecified atom stereocenters. The van der Waals surface area contributed by atoms with Crippen molar-refractivity contribution < 1.29 is 14.3 Å². The molecule has 3 aromatic rings. The Morgan fingerprint density at radius 2 is 1.90 bits per heavy atom. The number of hydrogen-bond donors (Lipinski definition) is 1. The predicted molar refractivity (Wildman–Crippen MR) is 148 cm³/mol. The highest BCUT2D eigenvalue weighted by molar-refractivity contribution is 5.97. The number of fused-ring (bicyclic) bond motifs is 4. The zero-order valence-corrected chi connectivity index (χ0v) is 21.9. The van der Waals surface area contributed by atoms with Gasteiger partial charge in [0.1, 0.15) is 5.82 Å². The van der Waals surface area contributed by atoms with Crippen LogP contribution in [0.4, 0.5) is 4.39 Å². The van der Waals surface area contributed by atoms with Gasteiger partial charge >= 0.3 is 0 Å². The number of carbonyl (C=O) groups excluding carboxylic acids is 1. The van der Waals surface area contributed by atoms with E-state index in [2.05, 4.69) is 39.2 Å². The largest absolute Gasteiger partial charge is 0.396 e. The van der Waals surface area contributed by atoms with E-state index >= 15 is 0 Å². The van der Waals surface area contributed by atoms with E-state index in [-0.39, 0.29) is 29.8 Å². The summed E-state index contributed by atoms with van der Waals surface area (Å²) in [6.45, 7) is 0.962. The molecule has 2 atom stereocenters. The second-order valence-corrected chi connectivity index (χ2v) is 11.5. The quantitative estimate of drug-likeness (QED) is 0.399. The first kappa shape index (κ1) is 24.4. The third-order valence-electron chi connectivity index (χ3n) is 9.23. The van der Waals surface area contributed by atoms with E-state index in [1.807, 2.05) is 6.07 Å². The van der Waals surface area contributed by atoms with Crippen LogP contribution in [0.2, 0.25) is 0 Å². The minimum Gasteiger partial charge on any atom is -0.396 e. The Morgan fingerprint density at radius 1 is 1.08 bits per heavy atom. The fourth-order valence-corrected chi connectivity index (χ4v) is 6.88. The topological polar surface area (TPSA) is 66.3 Å². The fourth-order valence-electron chi connectivity index (χ4n) is 6.88. The Kier molecular flexibility index (Phi) is 5.96. The number of carbonyl (C=O) groups is 1. The molecule has 5 nitrogen and oxygen atoms in total. The van der Waals surface area contributed by atoms with Crippen molar-refractivity contribution in [3.8, 4) is 11.1 Å². The summed E-state index contributed by atoms with van der Waals surface area (Å²) >= 11 is 0. The minimum absolute atomic E-state index is 0.0905. The molecule has 1 aliphatic heterocycles. The number of benzene rings is 2. The van der Waals surface area contributed by atoms with Gasteiger partial charge in [-0.3, -0.25) is 4.79 Å². The molecule has 2 aromatic carbocycles. The molecule has 1 spiro atoms. The number of amides is 1. The van der Waals surface area contributed by atoms with Crippen LogP contribution in [0.3, 0.4) is 0 Å². The maximum Gasteiger partial charge on any atom is 0.254 e. The van der Waals surface area contributed by atoms with Gasteiger partial charge < -0.3 is 10.0 Å². The molecule has 2 bridgehead atoms. The van der Waals surface area contributed by atoms with Crippen molar-refractivity contribution in [3.63, 3.8) is 0 Å². The number of rotatable bonds is 6. The number of halogens is 1. The van der Waals surface area contributed by atoms with Crippen LogP contribution in [0.15, 0.2) is 72.6 Å². The lowest BCUT2D eigenvalue weighted by Gasteiger charge is -2.27. The monoisotopic (exact) mass is 521 g/mol. The lowest BCUT2D eigenvalue weighted by Crippen LogP contribution is -2.35. The molecule has 0 radical (unpaired) electrons. The van der Waals surface area contributed by atoms with Crippen molar-refractivity contribution in [1.29, 1.82) is 0 Å². The van der Waals surface area contributed by atoms with Gasteiger partial charge in [0.25, 0.3) is 5.91 Å². The van der Waals surface area contributed by atoms with E-state index in [9.17, 15) is 14.3 Å². The average Bonchev–Trinajstić information content (AvgIpc) is 3.67. The first-order valence-corrected chi connectivity index (χ1v) is 14.1. The molecule has 7 rings (SSSR count). The molecule has 198 valence electrons. The SMILES string of the molecule is O=C(c1ccc2c(c1)C(c1ncc(-c3ccccc3F)cn1)=CCC21CC1)N1CC2CC1CC=C2CCCO. The molecule has 1 saturated heterocycles. The smallest absolute Gasteiger partial charge is 0.254 e. The number of aliphatic hydroxyl groups is 1. The van der Waals surface area contributed by atoms with E-state index < -0.39 is 0 Å². The normalized spacial score (nSPS) is 22.4. The van der Waals surface area contributed by atoms with Gasteiger partial charge in [-0.1, -0.05) is 42.0 Å². The van der Waals surface area contributed by atoms with Gasteiger partial charge in [0.15, 0.2) is 5.82 Å². The van der Waals surface area contributed by atoms with E-state index in [1.54, 1.807) is 30.6 Å². The van der Waals surface area contributed by atoms with Crippen LogP contribution >= 0.6 is 0 Å². The molecule has 2 heterocycles. The minimum atomic E-state index is -0.294. The number of nitrogens with zero attached hydrogens (tertiary/aromatic N) is 3. The van der Waals surface area contributed by atoms with E-state index in [4.69, 9.17) is 0 Å². The molecule has 4 aliphatic rings. The van der Waals surface area contributed by atoms with Crippen molar-refractivity contribution in [2.24, 2.45) is 5.92 Å². The second kappa shape index (κ2) is 9.53. The molecular weight excluding hydrogens is 489 g/mol. The van der Waals surface area contributed by atoms with Crippen molar-refractivity contribution >= 4 is 11.5 Å². The van der Waals surface area contributed by atoms with E-state index in [1.165, 1.54) is 17.2 Å². The van der Waals surface area contributed by atoms with Crippen molar-refractivity contribution in [2.45, 2.75) is 56.4 Å². The van der Waals surface area contributed by atoms with Gasteiger partial charge in [0, 0.05) is 53.9 Å². The zero-order valence-electron chi connectivity index (χ0n) is 21.9. The maximum atomic E-state index is 14.3. The van der Waals surface area contributed by atoms with Gasteiger partial charge in [-0.05, 0) is 85.6 Å². The molecule has 3 aliphatic carbocycles. The van der Waals surface area contributed by atoms with Gasteiger partial charge in [-0.2, -0.15) is 0 Å². The highest BCUT2D eigenvalue weighted by atomic mass is 19.1. The lowest BCUT2D eigenvalue weighted by atomic mass is 9.79. The number of hydrogen-bond acceptors (Lipinski definition) is 4. The Hall–Kier alpha value is -3.64. The summed E-state index contributed by atoms with van der Waals surface area (Å²) in [5.41, 5.74) is 6.69. The van der Waals surface area contributed by atoms with Crippen molar-refractivity contribution in [1.82, 2.24) is 14.9 Å². The lowest BCUT2D eigenvalue weighted by molar-refractivity contribution is 0.0737. The summed E-state index contributed by atoms with van der Waals surface area (Å²) in [7, 11) is 0. The number of allylic oxidation sites excluding steroid dienone is 1. The van der Waals surface area contributed by atoms with Crippen molar-refractivity contribution in [3.05, 3.63) is 101 Å². The third-order valence-corrected chi connectivity index (χ3v) is 9.23. The predicted octanol–water partition coefficient (Wildman–Crippen LogP) is 6.08.